The van der Waals surface area contributed by atoms with Crippen molar-refractivity contribution in [3.63, 3.8) is 0 Å². The summed E-state index contributed by atoms with van der Waals surface area (Å²) in [5.74, 6) is 1.64. The van der Waals surface area contributed by atoms with E-state index in [4.69, 9.17) is 21.1 Å². The Morgan fingerprint density at radius 2 is 1.90 bits per heavy atom. The Hall–Kier alpha value is -2.78. The maximum Gasteiger partial charge on any atom is 0.229 e. The van der Waals surface area contributed by atoms with Gasteiger partial charge in [-0.15, -0.1) is 0 Å². The van der Waals surface area contributed by atoms with E-state index in [-0.39, 0.29) is 0 Å². The van der Waals surface area contributed by atoms with Crippen LogP contribution in [0.3, 0.4) is 0 Å². The Balaban J connectivity index is 2.06. The maximum absolute atomic E-state index is 11.9. The van der Waals surface area contributed by atoms with Crippen LogP contribution in [0.2, 0.25) is 5.02 Å². The first-order chi connectivity index (χ1) is 14.8. The van der Waals surface area contributed by atoms with Crippen LogP contribution in [-0.4, -0.2) is 38.9 Å². The van der Waals surface area contributed by atoms with E-state index < -0.39 is 10.0 Å². The van der Waals surface area contributed by atoms with Crippen molar-refractivity contribution >= 4 is 44.0 Å². The topological polar surface area (TPSA) is 102 Å². The van der Waals surface area contributed by atoms with Crippen LogP contribution in [0.5, 0.6) is 11.5 Å². The van der Waals surface area contributed by atoms with Crippen LogP contribution in [0.4, 0.5) is 11.5 Å². The number of anilines is 2. The molecule has 0 spiro atoms. The van der Waals surface area contributed by atoms with Gasteiger partial charge in [0.2, 0.25) is 10.0 Å². The molecule has 166 valence electrons. The molecular formula is C21H25ClN4O4S. The number of benzene rings is 2. The number of ether oxygens (including phenoxy) is 2. The summed E-state index contributed by atoms with van der Waals surface area (Å²) < 4.78 is 37.1. The minimum absolute atomic E-state index is 0.353. The number of methoxy groups -OCH3 is 2. The van der Waals surface area contributed by atoms with E-state index in [0.717, 1.165) is 23.8 Å². The highest BCUT2D eigenvalue weighted by Crippen LogP contribution is 2.38. The number of nitrogens with one attached hydrogen (secondary N) is 2. The lowest BCUT2D eigenvalue weighted by molar-refractivity contribution is 0.412. The Labute approximate surface area is 187 Å². The molecule has 0 aliphatic carbocycles. The molecule has 3 rings (SSSR count). The fraction of sp³-hybridized carbons (Fsp3) is 0.333. The van der Waals surface area contributed by atoms with Crippen molar-refractivity contribution in [1.29, 1.82) is 0 Å². The highest BCUT2D eigenvalue weighted by molar-refractivity contribution is 7.92. The molecule has 2 N–H and O–H groups in total. The molecule has 0 atom stereocenters. The van der Waals surface area contributed by atoms with Crippen LogP contribution in [0.15, 0.2) is 30.6 Å². The summed E-state index contributed by atoms with van der Waals surface area (Å²) in [4.78, 5) is 8.83. The lowest BCUT2D eigenvalue weighted by Gasteiger charge is -2.18. The van der Waals surface area contributed by atoms with E-state index in [1.807, 2.05) is 19.1 Å². The molecular weight excluding hydrogens is 440 g/mol. The van der Waals surface area contributed by atoms with Crippen LogP contribution in [0, 0.1) is 0 Å². The van der Waals surface area contributed by atoms with Gasteiger partial charge in [-0.3, -0.25) is 4.72 Å². The lowest BCUT2D eigenvalue weighted by Crippen LogP contribution is -2.12. The molecule has 0 radical (unpaired) electrons. The zero-order chi connectivity index (χ0) is 22.6. The third-order valence-corrected chi connectivity index (χ3v) is 5.54. The summed E-state index contributed by atoms with van der Waals surface area (Å²) in [5.41, 5.74) is 2.83. The fourth-order valence-electron chi connectivity index (χ4n) is 3.39. The quantitative estimate of drug-likeness (QED) is 0.488. The van der Waals surface area contributed by atoms with Gasteiger partial charge in [0.1, 0.15) is 23.6 Å². The molecule has 0 saturated carbocycles. The second kappa shape index (κ2) is 9.57. The number of sulfonamides is 1. The Morgan fingerprint density at radius 3 is 2.52 bits per heavy atom. The molecule has 10 heteroatoms. The van der Waals surface area contributed by atoms with Gasteiger partial charge in [-0.05, 0) is 30.2 Å². The molecule has 2 aromatic carbocycles. The average molecular weight is 465 g/mol. The predicted molar refractivity (Wildman–Crippen MR) is 124 cm³/mol. The van der Waals surface area contributed by atoms with E-state index in [9.17, 15) is 8.42 Å². The average Bonchev–Trinajstić information content (AvgIpc) is 2.71. The van der Waals surface area contributed by atoms with Gasteiger partial charge in [-0.2, -0.15) is 0 Å². The first kappa shape index (κ1) is 22.9. The van der Waals surface area contributed by atoms with E-state index in [2.05, 4.69) is 20.0 Å². The van der Waals surface area contributed by atoms with Crippen LogP contribution in [-0.2, 0) is 23.0 Å². The molecule has 0 bridgehead atoms. The zero-order valence-electron chi connectivity index (χ0n) is 17.8. The van der Waals surface area contributed by atoms with Gasteiger partial charge in [0, 0.05) is 17.5 Å². The molecule has 0 fully saturated rings. The molecule has 1 heterocycles. The molecule has 31 heavy (non-hydrogen) atoms. The van der Waals surface area contributed by atoms with Crippen molar-refractivity contribution in [2.75, 3.05) is 30.5 Å². The molecule has 0 aliphatic heterocycles. The zero-order valence-corrected chi connectivity index (χ0v) is 19.4. The largest absolute Gasteiger partial charge is 0.495 e. The van der Waals surface area contributed by atoms with Crippen molar-refractivity contribution in [2.45, 2.75) is 26.3 Å². The summed E-state index contributed by atoms with van der Waals surface area (Å²) in [5, 5.41) is 4.51. The number of aromatic nitrogens is 2. The van der Waals surface area contributed by atoms with Gasteiger partial charge < -0.3 is 14.8 Å². The molecule has 3 aromatic rings. The van der Waals surface area contributed by atoms with Crippen LogP contribution in [0.25, 0.3) is 10.9 Å². The fourth-order valence-corrected chi connectivity index (χ4v) is 4.22. The normalized spacial score (nSPS) is 11.4. The van der Waals surface area contributed by atoms with E-state index >= 15 is 0 Å². The van der Waals surface area contributed by atoms with E-state index in [1.165, 1.54) is 13.4 Å². The van der Waals surface area contributed by atoms with Gasteiger partial charge in [-0.1, -0.05) is 31.0 Å². The molecule has 0 aliphatic rings. The van der Waals surface area contributed by atoms with Crippen molar-refractivity contribution in [3.05, 3.63) is 46.7 Å². The molecule has 0 amide bonds. The third-order valence-electron chi connectivity index (χ3n) is 4.65. The van der Waals surface area contributed by atoms with Crippen molar-refractivity contribution in [1.82, 2.24) is 9.97 Å². The van der Waals surface area contributed by atoms with Gasteiger partial charge in [0.25, 0.3) is 0 Å². The Morgan fingerprint density at radius 1 is 1.13 bits per heavy atom. The SMILES string of the molecule is CCCc1c(OC)c(NS(C)(=O)=O)cc2c(NCc3ccc(OC)c(Cl)c3)ncnc12. The number of halogens is 1. The molecule has 0 unspecified atom stereocenters. The molecule has 0 saturated heterocycles. The van der Waals surface area contributed by atoms with Gasteiger partial charge in [0.15, 0.2) is 0 Å². The molecule has 1 aromatic heterocycles. The highest BCUT2D eigenvalue weighted by atomic mass is 35.5. The summed E-state index contributed by atoms with van der Waals surface area (Å²) in [7, 11) is -0.426. The number of nitrogens with zero attached hydrogens (tertiary/aromatic N) is 2. The van der Waals surface area contributed by atoms with Gasteiger partial charge in [0.05, 0.1) is 36.7 Å². The van der Waals surface area contributed by atoms with Crippen LogP contribution in [0.1, 0.15) is 24.5 Å². The predicted octanol–water partition coefficient (Wildman–Crippen LogP) is 4.24. The summed E-state index contributed by atoms with van der Waals surface area (Å²) in [6.07, 6.45) is 4.09. The number of hydrogen-bond acceptors (Lipinski definition) is 7. The van der Waals surface area contributed by atoms with Gasteiger partial charge in [-0.25, -0.2) is 18.4 Å². The minimum Gasteiger partial charge on any atom is -0.495 e. The summed E-state index contributed by atoms with van der Waals surface area (Å²) >= 11 is 6.22. The van der Waals surface area contributed by atoms with Crippen molar-refractivity contribution < 1.29 is 17.9 Å². The van der Waals surface area contributed by atoms with Crippen molar-refractivity contribution in [2.24, 2.45) is 0 Å². The number of hydrogen-bond donors (Lipinski definition) is 2. The Kier molecular flexibility index (Phi) is 7.07. The lowest BCUT2D eigenvalue weighted by atomic mass is 10.0. The summed E-state index contributed by atoms with van der Waals surface area (Å²) in [6, 6.07) is 7.22. The van der Waals surface area contributed by atoms with Crippen LogP contribution >= 0.6 is 11.6 Å². The number of rotatable bonds is 9. The van der Waals surface area contributed by atoms with Crippen LogP contribution < -0.4 is 19.5 Å². The summed E-state index contributed by atoms with van der Waals surface area (Å²) in [6.45, 7) is 2.50. The third kappa shape index (κ3) is 5.29. The first-order valence-corrected chi connectivity index (χ1v) is 11.9. The number of aryl methyl sites for hydroxylation is 1. The monoisotopic (exact) mass is 464 g/mol. The van der Waals surface area contributed by atoms with Crippen molar-refractivity contribution in [3.8, 4) is 11.5 Å². The molecule has 8 nitrogen and oxygen atoms in total. The smallest absolute Gasteiger partial charge is 0.229 e. The van der Waals surface area contributed by atoms with E-state index in [0.29, 0.717) is 51.9 Å². The highest BCUT2D eigenvalue weighted by Gasteiger charge is 2.19. The standard InChI is InChI=1S/C21H25ClN4O4S/c1-5-6-14-19-15(10-17(20(14)30-3)26-31(4,27)28)21(25-12-24-19)23-11-13-7-8-18(29-2)16(22)9-13/h7-10,12,26H,5-6,11H2,1-4H3,(H,23,24,25). The minimum atomic E-state index is -3.51. The van der Waals surface area contributed by atoms with E-state index in [1.54, 1.807) is 19.2 Å². The second-order valence-electron chi connectivity index (χ2n) is 7.00. The maximum atomic E-state index is 11.9. The first-order valence-electron chi connectivity index (χ1n) is 9.66. The Bertz CT molecular complexity index is 1200. The van der Waals surface area contributed by atoms with Gasteiger partial charge >= 0.3 is 0 Å². The number of fused-ring (bicyclic) bond motifs is 1. The second-order valence-corrected chi connectivity index (χ2v) is 9.16.